The second kappa shape index (κ2) is 5.75. The van der Waals surface area contributed by atoms with Crippen molar-refractivity contribution >= 4 is 24.8 Å². The Bertz CT molecular complexity index is 811. The molecule has 130 valence electrons. The second-order valence-electron chi connectivity index (χ2n) is 5.99. The number of nitrogen functional groups attached to an aromatic ring is 1. The van der Waals surface area contributed by atoms with Crippen LogP contribution >= 0.6 is 7.82 Å². The van der Waals surface area contributed by atoms with Gasteiger partial charge in [-0.25, -0.2) is 19.5 Å². The van der Waals surface area contributed by atoms with Crippen molar-refractivity contribution in [2.75, 3.05) is 12.3 Å². The molecule has 2 saturated heterocycles. The number of ether oxygens (including phenoxy) is 1. The monoisotopic (exact) mass is 355 g/mol. The van der Waals surface area contributed by atoms with Gasteiger partial charge in [0.25, 0.3) is 0 Å². The molecular weight excluding hydrogens is 337 g/mol. The maximum absolute atomic E-state index is 12.5. The molecular formula is C13H18N5O5P. The van der Waals surface area contributed by atoms with Gasteiger partial charge in [-0.1, -0.05) is 0 Å². The van der Waals surface area contributed by atoms with Crippen molar-refractivity contribution in [3.05, 3.63) is 12.7 Å². The molecule has 0 amide bonds. The number of anilines is 1. The lowest BCUT2D eigenvalue weighted by Crippen LogP contribution is -2.33. The van der Waals surface area contributed by atoms with Crippen LogP contribution in [-0.2, 0) is 22.9 Å². The molecule has 2 N–H and O–H groups in total. The zero-order chi connectivity index (χ0) is 16.9. The maximum Gasteiger partial charge on any atom is 0.475 e. The highest BCUT2D eigenvalue weighted by Gasteiger charge is 2.48. The first-order valence-electron chi connectivity index (χ1n) is 7.65. The summed E-state index contributed by atoms with van der Waals surface area (Å²) < 4.78 is 36.3. The quantitative estimate of drug-likeness (QED) is 0.818. The highest BCUT2D eigenvalue weighted by molar-refractivity contribution is 7.48. The Kier molecular flexibility index (Phi) is 3.81. The van der Waals surface area contributed by atoms with E-state index >= 15 is 0 Å². The SMILES string of the molecule is CC(C)OP1(=O)OC[C@@H]2O[C@@H](n3cnc4c(N)ncnc43)C[C@@H]2O1. The van der Waals surface area contributed by atoms with Crippen LogP contribution in [0.3, 0.4) is 0 Å². The van der Waals surface area contributed by atoms with E-state index in [0.717, 1.165) is 0 Å². The fourth-order valence-corrected chi connectivity index (χ4v) is 4.46. The Balaban J connectivity index is 1.56. The summed E-state index contributed by atoms with van der Waals surface area (Å²) in [5, 5.41) is 0. The van der Waals surface area contributed by atoms with Crippen molar-refractivity contribution in [3.8, 4) is 0 Å². The summed E-state index contributed by atoms with van der Waals surface area (Å²) in [6.45, 7) is 3.69. The van der Waals surface area contributed by atoms with Crippen LogP contribution in [0.2, 0.25) is 0 Å². The van der Waals surface area contributed by atoms with Crippen LogP contribution in [-0.4, -0.2) is 44.4 Å². The van der Waals surface area contributed by atoms with Crippen LogP contribution in [0.25, 0.3) is 11.2 Å². The molecule has 4 atom stereocenters. The van der Waals surface area contributed by atoms with Gasteiger partial charge in [-0.15, -0.1) is 0 Å². The van der Waals surface area contributed by atoms with E-state index in [9.17, 15) is 4.57 Å². The van der Waals surface area contributed by atoms with Gasteiger partial charge >= 0.3 is 7.82 Å². The van der Waals surface area contributed by atoms with Crippen LogP contribution in [0.4, 0.5) is 5.82 Å². The molecule has 2 aromatic rings. The minimum atomic E-state index is -3.55. The zero-order valence-corrected chi connectivity index (χ0v) is 14.1. The molecule has 2 fully saturated rings. The molecule has 4 heterocycles. The molecule has 0 spiro atoms. The van der Waals surface area contributed by atoms with Crippen molar-refractivity contribution in [2.24, 2.45) is 0 Å². The lowest BCUT2D eigenvalue weighted by molar-refractivity contribution is -0.0733. The summed E-state index contributed by atoms with van der Waals surface area (Å²) in [5.74, 6) is 0.309. The van der Waals surface area contributed by atoms with Gasteiger partial charge < -0.3 is 10.5 Å². The molecule has 0 radical (unpaired) electrons. The van der Waals surface area contributed by atoms with Gasteiger partial charge in [0.1, 0.15) is 30.3 Å². The number of imidazole rings is 1. The fraction of sp³-hybridized carbons (Fsp3) is 0.615. The lowest BCUT2D eigenvalue weighted by Gasteiger charge is -2.30. The van der Waals surface area contributed by atoms with Crippen LogP contribution in [0.15, 0.2) is 12.7 Å². The van der Waals surface area contributed by atoms with E-state index in [2.05, 4.69) is 15.0 Å². The molecule has 10 nitrogen and oxygen atoms in total. The van der Waals surface area contributed by atoms with Crippen molar-refractivity contribution in [1.82, 2.24) is 19.5 Å². The van der Waals surface area contributed by atoms with E-state index in [-0.39, 0.29) is 31.1 Å². The van der Waals surface area contributed by atoms with Crippen LogP contribution in [0.5, 0.6) is 0 Å². The van der Waals surface area contributed by atoms with E-state index < -0.39 is 7.82 Å². The molecule has 1 unspecified atom stereocenters. The number of nitrogens with two attached hydrogens (primary N) is 1. The number of hydrogen-bond donors (Lipinski definition) is 1. The van der Waals surface area contributed by atoms with Gasteiger partial charge in [0.15, 0.2) is 11.5 Å². The third kappa shape index (κ3) is 2.70. The molecule has 2 aliphatic rings. The number of nitrogens with zero attached hydrogens (tertiary/aromatic N) is 4. The van der Waals surface area contributed by atoms with Crippen molar-refractivity contribution in [2.45, 2.75) is 44.8 Å². The number of phosphoric ester groups is 1. The summed E-state index contributed by atoms with van der Waals surface area (Å²) in [6, 6.07) is 0. The Hall–Kier alpha value is -1.58. The van der Waals surface area contributed by atoms with E-state index in [1.807, 2.05) is 0 Å². The summed E-state index contributed by atoms with van der Waals surface area (Å²) in [5.41, 5.74) is 6.89. The number of rotatable bonds is 3. The predicted octanol–water partition coefficient (Wildman–Crippen LogP) is 1.64. The average Bonchev–Trinajstić information content (AvgIpc) is 3.09. The van der Waals surface area contributed by atoms with Crippen molar-refractivity contribution < 1.29 is 22.9 Å². The Morgan fingerprint density at radius 3 is 3.00 bits per heavy atom. The summed E-state index contributed by atoms with van der Waals surface area (Å²) >= 11 is 0. The maximum atomic E-state index is 12.5. The standard InChI is InChI=1S/C13H18N5O5P/c1-7(2)22-24(19)20-4-9-8(23-24)3-10(21-9)18-6-17-11-12(14)15-5-16-13(11)18/h5-10H,3-4H2,1-2H3,(H2,14,15,16)/t8-,9-,10+,24?/m0/s1. The largest absolute Gasteiger partial charge is 0.475 e. The van der Waals surface area contributed by atoms with Gasteiger partial charge in [-0.05, 0) is 13.8 Å². The van der Waals surface area contributed by atoms with Crippen LogP contribution < -0.4 is 5.73 Å². The summed E-state index contributed by atoms with van der Waals surface area (Å²) in [4.78, 5) is 12.4. The minimum absolute atomic E-state index is 0.148. The van der Waals surface area contributed by atoms with Crippen LogP contribution in [0.1, 0.15) is 26.5 Å². The number of aromatic nitrogens is 4. The normalized spacial score (nSPS) is 33.2. The van der Waals surface area contributed by atoms with Crippen molar-refractivity contribution in [3.63, 3.8) is 0 Å². The van der Waals surface area contributed by atoms with Crippen LogP contribution in [0, 0.1) is 0 Å². The number of hydrogen-bond acceptors (Lipinski definition) is 9. The van der Waals surface area contributed by atoms with E-state index in [0.29, 0.717) is 23.4 Å². The molecule has 4 rings (SSSR count). The number of phosphoric acid groups is 1. The third-order valence-electron chi connectivity index (χ3n) is 3.88. The molecule has 0 saturated carbocycles. The first-order valence-corrected chi connectivity index (χ1v) is 9.11. The van der Waals surface area contributed by atoms with Crippen molar-refractivity contribution in [1.29, 1.82) is 0 Å². The molecule has 0 aromatic carbocycles. The third-order valence-corrected chi connectivity index (χ3v) is 5.55. The molecule has 2 aromatic heterocycles. The molecule has 0 bridgehead atoms. The second-order valence-corrected chi connectivity index (χ2v) is 7.56. The molecule has 11 heteroatoms. The van der Waals surface area contributed by atoms with Gasteiger partial charge in [-0.3, -0.25) is 18.1 Å². The predicted molar refractivity (Wildman–Crippen MR) is 82.9 cm³/mol. The highest BCUT2D eigenvalue weighted by Crippen LogP contribution is 2.57. The zero-order valence-electron chi connectivity index (χ0n) is 13.2. The Morgan fingerprint density at radius 2 is 2.21 bits per heavy atom. The summed E-state index contributed by atoms with van der Waals surface area (Å²) in [7, 11) is -3.55. The highest BCUT2D eigenvalue weighted by atomic mass is 31.2. The number of fused-ring (bicyclic) bond motifs is 2. The first kappa shape index (κ1) is 15.9. The minimum Gasteiger partial charge on any atom is -0.382 e. The summed E-state index contributed by atoms with van der Waals surface area (Å²) in [6.07, 6.45) is 2.12. The Labute approximate surface area is 137 Å². The van der Waals surface area contributed by atoms with E-state index in [1.54, 1.807) is 24.7 Å². The lowest BCUT2D eigenvalue weighted by atomic mass is 10.2. The average molecular weight is 355 g/mol. The van der Waals surface area contributed by atoms with E-state index in [1.165, 1.54) is 6.33 Å². The first-order chi connectivity index (χ1) is 11.5. The topological polar surface area (TPSA) is 124 Å². The van der Waals surface area contributed by atoms with Gasteiger partial charge in [-0.2, -0.15) is 0 Å². The van der Waals surface area contributed by atoms with Gasteiger partial charge in [0, 0.05) is 6.42 Å². The van der Waals surface area contributed by atoms with Gasteiger partial charge in [0.2, 0.25) is 0 Å². The molecule has 24 heavy (non-hydrogen) atoms. The smallest absolute Gasteiger partial charge is 0.382 e. The molecule has 2 aliphatic heterocycles. The fourth-order valence-electron chi connectivity index (χ4n) is 2.89. The Morgan fingerprint density at radius 1 is 1.38 bits per heavy atom. The van der Waals surface area contributed by atoms with Gasteiger partial charge in [0.05, 0.1) is 19.0 Å². The molecule has 0 aliphatic carbocycles. The van der Waals surface area contributed by atoms with E-state index in [4.69, 9.17) is 24.0 Å².